The van der Waals surface area contributed by atoms with Gasteiger partial charge in [-0.25, -0.2) is 4.68 Å². The zero-order valence-corrected chi connectivity index (χ0v) is 16.1. The summed E-state index contributed by atoms with van der Waals surface area (Å²) in [6.07, 6.45) is 0.181. The van der Waals surface area contributed by atoms with Crippen LogP contribution in [0.5, 0.6) is 0 Å². The lowest BCUT2D eigenvalue weighted by Gasteiger charge is -2.07. The summed E-state index contributed by atoms with van der Waals surface area (Å²) in [5.74, 6) is -0.509. The Labute approximate surface area is 167 Å². The summed E-state index contributed by atoms with van der Waals surface area (Å²) >= 11 is 6.00. The number of halogens is 1. The number of benzene rings is 2. The Morgan fingerprint density at radius 2 is 1.86 bits per heavy atom. The molecule has 0 atom stereocenters. The third-order valence-corrected chi connectivity index (χ3v) is 4.37. The summed E-state index contributed by atoms with van der Waals surface area (Å²) in [4.78, 5) is 24.3. The van der Waals surface area contributed by atoms with Crippen molar-refractivity contribution in [1.29, 1.82) is 0 Å². The lowest BCUT2D eigenvalue weighted by atomic mass is 10.2. The van der Waals surface area contributed by atoms with Gasteiger partial charge in [0.15, 0.2) is 5.69 Å². The fraction of sp³-hybridized carbons (Fsp3) is 0.200. The van der Waals surface area contributed by atoms with Crippen LogP contribution >= 0.6 is 11.6 Å². The van der Waals surface area contributed by atoms with Crippen molar-refractivity contribution in [3.05, 3.63) is 76.6 Å². The molecule has 0 aliphatic carbocycles. The van der Waals surface area contributed by atoms with Gasteiger partial charge in [0.25, 0.3) is 5.91 Å². The highest BCUT2D eigenvalue weighted by molar-refractivity contribution is 6.30. The third kappa shape index (κ3) is 4.95. The van der Waals surface area contributed by atoms with Crippen LogP contribution in [0.25, 0.3) is 5.69 Å². The average Bonchev–Trinajstić information content (AvgIpc) is 3.08. The molecule has 7 nitrogen and oxygen atoms in total. The SMILES string of the molecule is Cc1c(C(=O)NCCC(=O)NCc2ccccc2)nnn1-c1cccc(Cl)c1. The summed E-state index contributed by atoms with van der Waals surface area (Å²) in [7, 11) is 0. The molecule has 0 spiro atoms. The number of carbonyl (C=O) groups is 2. The number of aromatic nitrogens is 3. The molecule has 2 N–H and O–H groups in total. The second-order valence-electron chi connectivity index (χ2n) is 6.18. The van der Waals surface area contributed by atoms with Crippen molar-refractivity contribution in [2.24, 2.45) is 0 Å². The molecule has 0 unspecified atom stereocenters. The van der Waals surface area contributed by atoms with E-state index in [0.717, 1.165) is 11.3 Å². The van der Waals surface area contributed by atoms with E-state index in [2.05, 4.69) is 20.9 Å². The minimum atomic E-state index is -0.373. The minimum Gasteiger partial charge on any atom is -0.352 e. The first-order chi connectivity index (χ1) is 13.5. The summed E-state index contributed by atoms with van der Waals surface area (Å²) in [5, 5.41) is 14.1. The van der Waals surface area contributed by atoms with E-state index in [1.165, 1.54) is 0 Å². The number of amides is 2. The highest BCUT2D eigenvalue weighted by atomic mass is 35.5. The molecule has 3 aromatic rings. The van der Waals surface area contributed by atoms with Crippen LogP contribution in [0, 0.1) is 6.92 Å². The van der Waals surface area contributed by atoms with Crippen LogP contribution in [0.15, 0.2) is 54.6 Å². The Morgan fingerprint density at radius 3 is 2.61 bits per heavy atom. The topological polar surface area (TPSA) is 88.9 Å². The normalized spacial score (nSPS) is 10.5. The van der Waals surface area contributed by atoms with E-state index in [1.807, 2.05) is 36.4 Å². The Balaban J connectivity index is 1.51. The van der Waals surface area contributed by atoms with E-state index in [1.54, 1.807) is 29.8 Å². The van der Waals surface area contributed by atoms with Gasteiger partial charge < -0.3 is 10.6 Å². The molecule has 0 fully saturated rings. The molecule has 3 rings (SSSR count). The van der Waals surface area contributed by atoms with E-state index in [4.69, 9.17) is 11.6 Å². The molecule has 2 aromatic carbocycles. The Kier molecular flexibility index (Phi) is 6.39. The Morgan fingerprint density at radius 1 is 1.07 bits per heavy atom. The molecule has 1 aromatic heterocycles. The lowest BCUT2D eigenvalue weighted by molar-refractivity contribution is -0.121. The largest absolute Gasteiger partial charge is 0.352 e. The fourth-order valence-electron chi connectivity index (χ4n) is 2.65. The molecular weight excluding hydrogens is 378 g/mol. The molecule has 0 radical (unpaired) electrons. The van der Waals surface area contributed by atoms with Gasteiger partial charge in [0.05, 0.1) is 11.4 Å². The fourth-order valence-corrected chi connectivity index (χ4v) is 2.83. The van der Waals surface area contributed by atoms with Crippen molar-refractivity contribution in [3.8, 4) is 5.69 Å². The van der Waals surface area contributed by atoms with Crippen LogP contribution in [0.4, 0.5) is 0 Å². The summed E-state index contributed by atoms with van der Waals surface area (Å²) in [6.45, 7) is 2.42. The molecule has 1 heterocycles. The van der Waals surface area contributed by atoms with Gasteiger partial charge in [-0.15, -0.1) is 5.10 Å². The van der Waals surface area contributed by atoms with Gasteiger partial charge in [0.1, 0.15) is 0 Å². The monoisotopic (exact) mass is 397 g/mol. The van der Waals surface area contributed by atoms with E-state index in [0.29, 0.717) is 17.3 Å². The number of carbonyl (C=O) groups excluding carboxylic acids is 2. The maximum Gasteiger partial charge on any atom is 0.273 e. The molecule has 0 saturated carbocycles. The molecule has 28 heavy (non-hydrogen) atoms. The first-order valence-corrected chi connectivity index (χ1v) is 9.19. The quantitative estimate of drug-likeness (QED) is 0.641. The number of hydrogen-bond donors (Lipinski definition) is 2. The lowest BCUT2D eigenvalue weighted by Crippen LogP contribution is -2.31. The second kappa shape index (κ2) is 9.14. The Hall–Kier alpha value is -3.19. The molecule has 0 aliphatic rings. The molecular formula is C20H20ClN5O2. The zero-order valence-electron chi connectivity index (χ0n) is 15.4. The van der Waals surface area contributed by atoms with E-state index < -0.39 is 0 Å². The number of rotatable bonds is 7. The first-order valence-electron chi connectivity index (χ1n) is 8.81. The van der Waals surface area contributed by atoms with Crippen molar-refractivity contribution >= 4 is 23.4 Å². The molecule has 144 valence electrons. The van der Waals surface area contributed by atoms with Crippen LogP contribution in [-0.2, 0) is 11.3 Å². The van der Waals surface area contributed by atoms with Gasteiger partial charge in [-0.05, 0) is 30.7 Å². The number of nitrogens with one attached hydrogen (secondary N) is 2. The predicted octanol–water partition coefficient (Wildman–Crippen LogP) is 2.67. The van der Waals surface area contributed by atoms with E-state index in [-0.39, 0.29) is 30.5 Å². The molecule has 0 bridgehead atoms. The first kappa shape index (κ1) is 19.6. The summed E-state index contributed by atoms with van der Waals surface area (Å²) < 4.78 is 1.55. The highest BCUT2D eigenvalue weighted by Gasteiger charge is 2.17. The maximum atomic E-state index is 12.4. The summed E-state index contributed by atoms with van der Waals surface area (Å²) in [5.41, 5.74) is 2.54. The van der Waals surface area contributed by atoms with Crippen molar-refractivity contribution in [2.75, 3.05) is 6.54 Å². The molecule has 2 amide bonds. The van der Waals surface area contributed by atoms with Crippen LogP contribution in [-0.4, -0.2) is 33.4 Å². The molecule has 8 heteroatoms. The van der Waals surface area contributed by atoms with Crippen LogP contribution in [0.3, 0.4) is 0 Å². The Bertz CT molecular complexity index is 972. The van der Waals surface area contributed by atoms with Gasteiger partial charge >= 0.3 is 0 Å². The van der Waals surface area contributed by atoms with Crippen LogP contribution < -0.4 is 10.6 Å². The van der Waals surface area contributed by atoms with Crippen molar-refractivity contribution in [1.82, 2.24) is 25.6 Å². The predicted molar refractivity (Wildman–Crippen MR) is 106 cm³/mol. The van der Waals surface area contributed by atoms with E-state index in [9.17, 15) is 9.59 Å². The van der Waals surface area contributed by atoms with Gasteiger partial charge in [-0.2, -0.15) is 0 Å². The minimum absolute atomic E-state index is 0.136. The third-order valence-electron chi connectivity index (χ3n) is 4.13. The van der Waals surface area contributed by atoms with Crippen molar-refractivity contribution in [2.45, 2.75) is 19.9 Å². The van der Waals surface area contributed by atoms with Gasteiger partial charge in [-0.3, -0.25) is 9.59 Å². The van der Waals surface area contributed by atoms with Crippen LogP contribution in [0.1, 0.15) is 28.2 Å². The summed E-state index contributed by atoms with van der Waals surface area (Å²) in [6, 6.07) is 16.8. The zero-order chi connectivity index (χ0) is 19.9. The molecule has 0 saturated heterocycles. The van der Waals surface area contributed by atoms with Gasteiger partial charge in [0.2, 0.25) is 5.91 Å². The van der Waals surface area contributed by atoms with Crippen molar-refractivity contribution in [3.63, 3.8) is 0 Å². The number of nitrogens with zero attached hydrogens (tertiary/aromatic N) is 3. The van der Waals surface area contributed by atoms with Gasteiger partial charge in [0, 0.05) is 24.5 Å². The van der Waals surface area contributed by atoms with Crippen LogP contribution in [0.2, 0.25) is 5.02 Å². The van der Waals surface area contributed by atoms with Gasteiger partial charge in [-0.1, -0.05) is 53.2 Å². The van der Waals surface area contributed by atoms with Crippen molar-refractivity contribution < 1.29 is 9.59 Å². The maximum absolute atomic E-state index is 12.4. The second-order valence-corrected chi connectivity index (χ2v) is 6.62. The highest BCUT2D eigenvalue weighted by Crippen LogP contribution is 2.16. The smallest absolute Gasteiger partial charge is 0.273 e. The standard InChI is InChI=1S/C20H20ClN5O2/c1-14-19(24-25-26(14)17-9-5-8-16(21)12-17)20(28)22-11-10-18(27)23-13-15-6-3-2-4-7-15/h2-9,12H,10-11,13H2,1H3,(H,22,28)(H,23,27). The molecule has 0 aliphatic heterocycles. The number of hydrogen-bond acceptors (Lipinski definition) is 4. The average molecular weight is 398 g/mol. The van der Waals surface area contributed by atoms with E-state index >= 15 is 0 Å².